The zero-order chi connectivity index (χ0) is 12.8. The lowest BCUT2D eigenvalue weighted by Gasteiger charge is -2.21. The molecular weight excluding hydrogens is 216 g/mol. The average molecular weight is 246 g/mol. The Morgan fingerprint density at radius 2 is 1.41 bits per heavy atom. The molecule has 1 N–H and O–H groups in total. The molecule has 0 rings (SSSR count). The van der Waals surface area contributed by atoms with Crippen LogP contribution in [0.5, 0.6) is 0 Å². The van der Waals surface area contributed by atoms with E-state index in [1.54, 1.807) is 14.2 Å². The smallest absolute Gasteiger partial charge is 0.0589 e. The molecule has 0 saturated heterocycles. The number of hydrogen-bond donors (Lipinski definition) is 1. The third-order valence-electron chi connectivity index (χ3n) is 2.87. The Labute approximate surface area is 107 Å². The summed E-state index contributed by atoms with van der Waals surface area (Å²) in [5.41, 5.74) is 0. The van der Waals surface area contributed by atoms with Crippen LogP contribution in [0.1, 0.15) is 25.7 Å². The molecule has 0 atom stereocenters. The highest BCUT2D eigenvalue weighted by Gasteiger charge is 2.03. The van der Waals surface area contributed by atoms with E-state index in [1.165, 1.54) is 25.7 Å². The van der Waals surface area contributed by atoms with E-state index >= 15 is 0 Å². The normalized spacial score (nSPS) is 11.3. The fourth-order valence-corrected chi connectivity index (χ4v) is 1.77. The highest BCUT2D eigenvalue weighted by atomic mass is 16.5. The molecule has 4 nitrogen and oxygen atoms in total. The number of nitrogens with one attached hydrogen (secondary N) is 1. The van der Waals surface area contributed by atoms with E-state index in [-0.39, 0.29) is 0 Å². The van der Waals surface area contributed by atoms with Gasteiger partial charge in [0.15, 0.2) is 0 Å². The van der Waals surface area contributed by atoms with Crippen LogP contribution in [-0.4, -0.2) is 65.6 Å². The van der Waals surface area contributed by atoms with E-state index in [9.17, 15) is 0 Å². The molecule has 0 aromatic carbocycles. The Kier molecular flexibility index (Phi) is 13.8. The van der Waals surface area contributed by atoms with Gasteiger partial charge < -0.3 is 14.8 Å². The summed E-state index contributed by atoms with van der Waals surface area (Å²) < 4.78 is 10.2. The van der Waals surface area contributed by atoms with Crippen LogP contribution in [0.3, 0.4) is 0 Å². The molecular formula is C13H30N2O2. The number of rotatable bonds is 13. The summed E-state index contributed by atoms with van der Waals surface area (Å²) in [6.45, 7) is 5.93. The van der Waals surface area contributed by atoms with Gasteiger partial charge in [0.2, 0.25) is 0 Å². The van der Waals surface area contributed by atoms with Crippen molar-refractivity contribution in [2.24, 2.45) is 0 Å². The molecule has 0 bridgehead atoms. The van der Waals surface area contributed by atoms with Crippen molar-refractivity contribution in [3.63, 3.8) is 0 Å². The van der Waals surface area contributed by atoms with Gasteiger partial charge in [-0.25, -0.2) is 0 Å². The summed E-state index contributed by atoms with van der Waals surface area (Å²) in [7, 11) is 5.52. The maximum Gasteiger partial charge on any atom is 0.0589 e. The van der Waals surface area contributed by atoms with Crippen molar-refractivity contribution in [2.75, 3.05) is 60.7 Å². The second kappa shape index (κ2) is 13.9. The van der Waals surface area contributed by atoms with Gasteiger partial charge in [0.25, 0.3) is 0 Å². The predicted octanol–water partition coefficient (Wildman–Crippen LogP) is 1.36. The van der Waals surface area contributed by atoms with Gasteiger partial charge in [-0.3, -0.25) is 4.90 Å². The topological polar surface area (TPSA) is 33.7 Å². The van der Waals surface area contributed by atoms with Crippen molar-refractivity contribution in [1.82, 2.24) is 10.2 Å². The van der Waals surface area contributed by atoms with Gasteiger partial charge in [0.05, 0.1) is 13.2 Å². The fourth-order valence-electron chi connectivity index (χ4n) is 1.77. The average Bonchev–Trinajstić information content (AvgIpc) is 2.35. The second-order valence-corrected chi connectivity index (χ2v) is 4.35. The minimum Gasteiger partial charge on any atom is -0.383 e. The Hall–Kier alpha value is -0.160. The van der Waals surface area contributed by atoms with Crippen LogP contribution in [0, 0.1) is 0 Å². The molecule has 0 saturated carbocycles. The van der Waals surface area contributed by atoms with Gasteiger partial charge in [0.1, 0.15) is 0 Å². The van der Waals surface area contributed by atoms with Crippen molar-refractivity contribution in [2.45, 2.75) is 25.7 Å². The van der Waals surface area contributed by atoms with Gasteiger partial charge >= 0.3 is 0 Å². The lowest BCUT2D eigenvalue weighted by Crippen LogP contribution is -2.31. The summed E-state index contributed by atoms with van der Waals surface area (Å²) in [4.78, 5) is 2.42. The monoisotopic (exact) mass is 246 g/mol. The van der Waals surface area contributed by atoms with Crippen molar-refractivity contribution in [1.29, 1.82) is 0 Å². The Bertz CT molecular complexity index is 137. The Morgan fingerprint density at radius 3 is 1.94 bits per heavy atom. The third kappa shape index (κ3) is 12.1. The lowest BCUT2D eigenvalue weighted by molar-refractivity contribution is 0.113. The first-order valence-corrected chi connectivity index (χ1v) is 6.70. The van der Waals surface area contributed by atoms with Crippen LogP contribution >= 0.6 is 0 Å². The molecule has 0 aromatic heterocycles. The molecule has 104 valence electrons. The van der Waals surface area contributed by atoms with E-state index in [0.29, 0.717) is 0 Å². The zero-order valence-electron chi connectivity index (χ0n) is 11.8. The summed E-state index contributed by atoms with van der Waals surface area (Å²) in [6.07, 6.45) is 5.20. The number of hydrogen-bond acceptors (Lipinski definition) is 4. The SMILES string of the molecule is CNCCCCCCN(CCOC)CCOC. The predicted molar refractivity (Wildman–Crippen MR) is 72.6 cm³/mol. The molecule has 0 aromatic rings. The molecule has 0 heterocycles. The van der Waals surface area contributed by atoms with Gasteiger partial charge in [-0.15, -0.1) is 0 Å². The maximum absolute atomic E-state index is 5.12. The molecule has 0 radical (unpaired) electrons. The number of methoxy groups -OCH3 is 2. The number of ether oxygens (including phenoxy) is 2. The second-order valence-electron chi connectivity index (χ2n) is 4.35. The van der Waals surface area contributed by atoms with Crippen molar-refractivity contribution in [3.05, 3.63) is 0 Å². The maximum atomic E-state index is 5.12. The van der Waals surface area contributed by atoms with Crippen LogP contribution < -0.4 is 5.32 Å². The van der Waals surface area contributed by atoms with E-state index in [4.69, 9.17) is 9.47 Å². The molecule has 4 heteroatoms. The molecule has 17 heavy (non-hydrogen) atoms. The Balaban J connectivity index is 3.45. The van der Waals surface area contributed by atoms with Crippen LogP contribution in [-0.2, 0) is 9.47 Å². The molecule has 0 aliphatic rings. The Morgan fingerprint density at radius 1 is 0.824 bits per heavy atom. The van der Waals surface area contributed by atoms with E-state index in [0.717, 1.165) is 39.4 Å². The largest absolute Gasteiger partial charge is 0.383 e. The number of unbranched alkanes of at least 4 members (excludes halogenated alkanes) is 3. The minimum atomic E-state index is 0.809. The molecule has 0 amide bonds. The summed E-state index contributed by atoms with van der Waals surface area (Å²) in [5.74, 6) is 0. The molecule has 0 fully saturated rings. The van der Waals surface area contributed by atoms with Gasteiger partial charge in [-0.05, 0) is 33.0 Å². The summed E-state index contributed by atoms with van der Waals surface area (Å²) in [5, 5.41) is 3.18. The number of nitrogens with zero attached hydrogens (tertiary/aromatic N) is 1. The van der Waals surface area contributed by atoms with Crippen molar-refractivity contribution < 1.29 is 9.47 Å². The van der Waals surface area contributed by atoms with Crippen LogP contribution in [0.15, 0.2) is 0 Å². The zero-order valence-corrected chi connectivity index (χ0v) is 11.8. The minimum absolute atomic E-state index is 0.809. The van der Waals surface area contributed by atoms with E-state index in [2.05, 4.69) is 10.2 Å². The van der Waals surface area contributed by atoms with Gasteiger partial charge in [-0.2, -0.15) is 0 Å². The first-order chi connectivity index (χ1) is 8.35. The quantitative estimate of drug-likeness (QED) is 0.498. The van der Waals surface area contributed by atoms with Gasteiger partial charge in [0, 0.05) is 27.3 Å². The standard InChI is InChI=1S/C13H30N2O2/c1-14-8-6-4-5-7-9-15(10-12-16-2)11-13-17-3/h14H,4-13H2,1-3H3. The first-order valence-electron chi connectivity index (χ1n) is 6.70. The highest BCUT2D eigenvalue weighted by Crippen LogP contribution is 2.01. The van der Waals surface area contributed by atoms with Crippen LogP contribution in [0.25, 0.3) is 0 Å². The molecule has 0 spiro atoms. The van der Waals surface area contributed by atoms with Gasteiger partial charge in [-0.1, -0.05) is 12.8 Å². The fraction of sp³-hybridized carbons (Fsp3) is 1.00. The third-order valence-corrected chi connectivity index (χ3v) is 2.87. The summed E-state index contributed by atoms with van der Waals surface area (Å²) in [6, 6.07) is 0. The first kappa shape index (κ1) is 16.8. The lowest BCUT2D eigenvalue weighted by atomic mass is 10.2. The molecule has 0 aliphatic carbocycles. The highest BCUT2D eigenvalue weighted by molar-refractivity contribution is 4.58. The van der Waals surface area contributed by atoms with E-state index in [1.807, 2.05) is 7.05 Å². The van der Waals surface area contributed by atoms with Crippen molar-refractivity contribution in [3.8, 4) is 0 Å². The van der Waals surface area contributed by atoms with E-state index < -0.39 is 0 Å². The molecule has 0 unspecified atom stereocenters. The van der Waals surface area contributed by atoms with Crippen LogP contribution in [0.2, 0.25) is 0 Å². The summed E-state index contributed by atoms with van der Waals surface area (Å²) >= 11 is 0. The van der Waals surface area contributed by atoms with Crippen molar-refractivity contribution >= 4 is 0 Å². The molecule has 0 aliphatic heterocycles. The van der Waals surface area contributed by atoms with Crippen LogP contribution in [0.4, 0.5) is 0 Å².